The summed E-state index contributed by atoms with van der Waals surface area (Å²) in [6.45, 7) is 6.89. The van der Waals surface area contributed by atoms with Crippen molar-refractivity contribution in [3.05, 3.63) is 0 Å². The van der Waals surface area contributed by atoms with E-state index in [1.807, 2.05) is 5.43 Å². The molecule has 0 saturated carbocycles. The monoisotopic (exact) mass is 447 g/mol. The summed E-state index contributed by atoms with van der Waals surface area (Å²) in [4.78, 5) is 47.9. The van der Waals surface area contributed by atoms with Gasteiger partial charge in [0, 0.05) is 12.4 Å². The highest BCUT2D eigenvalue weighted by Gasteiger charge is 2.25. The zero-order valence-corrected chi connectivity index (χ0v) is 18.7. The van der Waals surface area contributed by atoms with Crippen LogP contribution in [-0.2, 0) is 23.9 Å². The van der Waals surface area contributed by atoms with E-state index in [4.69, 9.17) is 15.3 Å². The van der Waals surface area contributed by atoms with E-state index in [-0.39, 0.29) is 17.7 Å². The third-order valence-electron chi connectivity index (χ3n) is 3.93. The maximum Gasteiger partial charge on any atom is 0.408 e. The molecule has 3 atom stereocenters. The van der Waals surface area contributed by atoms with Gasteiger partial charge in [-0.1, -0.05) is 0 Å². The summed E-state index contributed by atoms with van der Waals surface area (Å²) in [6.07, 6.45) is 2.21. The van der Waals surface area contributed by atoms with Crippen LogP contribution in [0.4, 0.5) is 4.79 Å². The van der Waals surface area contributed by atoms with Gasteiger partial charge in [-0.3, -0.25) is 19.8 Å². The maximum atomic E-state index is 12.2. The summed E-state index contributed by atoms with van der Waals surface area (Å²) in [5.74, 6) is 3.80. The minimum atomic E-state index is -0.908. The average molecular weight is 448 g/mol. The lowest BCUT2D eigenvalue weighted by atomic mass is 10.2. The van der Waals surface area contributed by atoms with Crippen LogP contribution < -0.4 is 27.2 Å². The largest absolute Gasteiger partial charge is 0.444 e. The quantitative estimate of drug-likeness (QED) is 0.184. The number of hydrazine groups is 1. The third-order valence-corrected chi connectivity index (χ3v) is 5.20. The molecular weight excluding hydrogens is 414 g/mol. The molecule has 1 fully saturated rings. The minimum Gasteiger partial charge on any atom is -0.444 e. The zero-order valence-electron chi connectivity index (χ0n) is 17.9. The number of amides is 4. The van der Waals surface area contributed by atoms with Crippen molar-refractivity contribution in [3.63, 3.8) is 0 Å². The van der Waals surface area contributed by atoms with Crippen molar-refractivity contribution in [3.8, 4) is 0 Å². The number of nitrogens with two attached hydrogens (primary N) is 1. The summed E-state index contributed by atoms with van der Waals surface area (Å²) in [7, 11) is 0. The van der Waals surface area contributed by atoms with Crippen LogP contribution in [0.3, 0.4) is 0 Å². The fourth-order valence-electron chi connectivity index (χ4n) is 2.45. The van der Waals surface area contributed by atoms with Crippen molar-refractivity contribution < 1.29 is 28.7 Å². The second-order valence-corrected chi connectivity index (χ2v) is 9.04. The predicted octanol–water partition coefficient (Wildman–Crippen LogP) is -0.250. The highest BCUT2D eigenvalue weighted by atomic mass is 32.2. The summed E-state index contributed by atoms with van der Waals surface area (Å²) >= 11 is 1.43. The number of ether oxygens (including phenoxy) is 2. The van der Waals surface area contributed by atoms with E-state index < -0.39 is 41.5 Å². The van der Waals surface area contributed by atoms with Crippen LogP contribution in [0.2, 0.25) is 0 Å². The van der Waals surface area contributed by atoms with Crippen molar-refractivity contribution in [2.75, 3.05) is 18.9 Å². The Morgan fingerprint density at radius 1 is 1.17 bits per heavy atom. The van der Waals surface area contributed by atoms with E-state index in [0.29, 0.717) is 6.61 Å². The molecule has 30 heavy (non-hydrogen) atoms. The first-order chi connectivity index (χ1) is 14.0. The van der Waals surface area contributed by atoms with Gasteiger partial charge in [-0.05, 0) is 47.0 Å². The van der Waals surface area contributed by atoms with Crippen molar-refractivity contribution >= 4 is 35.6 Å². The zero-order chi connectivity index (χ0) is 22.7. The van der Waals surface area contributed by atoms with Crippen LogP contribution in [0.1, 0.15) is 47.0 Å². The molecule has 0 aliphatic carbocycles. The van der Waals surface area contributed by atoms with E-state index in [0.717, 1.165) is 19.3 Å². The molecule has 1 saturated heterocycles. The first kappa shape index (κ1) is 26.0. The maximum absolute atomic E-state index is 12.2. The molecule has 0 aromatic heterocycles. The van der Waals surface area contributed by atoms with E-state index in [1.165, 1.54) is 18.7 Å². The van der Waals surface area contributed by atoms with Crippen LogP contribution in [0.5, 0.6) is 0 Å². The molecule has 11 nitrogen and oxygen atoms in total. The number of carbonyl (C=O) groups excluding carboxylic acids is 4. The normalized spacial score (nSPS) is 18.5. The standard InChI is InChI=1S/C18H33N5O6S/c1-11(21-17(27)29-18(2,3)4)15(25)20-9-13(24)22-12(16(26)23-19)10-30-14-7-5-6-8-28-14/h11-12,14H,5-10,19H2,1-4H3,(H,20,25)(H,21,27)(H,22,24)(H,23,26)/t11-,12-,14-/m0/s1. The first-order valence-corrected chi connectivity index (χ1v) is 10.9. The fourth-order valence-corrected chi connectivity index (χ4v) is 3.61. The summed E-state index contributed by atoms with van der Waals surface area (Å²) < 4.78 is 10.7. The topological polar surface area (TPSA) is 161 Å². The van der Waals surface area contributed by atoms with Crippen LogP contribution in [-0.4, -0.2) is 65.8 Å². The lowest BCUT2D eigenvalue weighted by Crippen LogP contribution is -2.53. The van der Waals surface area contributed by atoms with E-state index in [1.54, 1.807) is 20.8 Å². The Morgan fingerprint density at radius 2 is 1.87 bits per heavy atom. The first-order valence-electron chi connectivity index (χ1n) is 9.82. The molecule has 0 aromatic rings. The van der Waals surface area contributed by atoms with E-state index >= 15 is 0 Å². The molecule has 6 N–H and O–H groups in total. The van der Waals surface area contributed by atoms with Crippen LogP contribution in [0.25, 0.3) is 0 Å². The molecule has 0 spiro atoms. The molecule has 1 rings (SSSR count). The molecule has 12 heteroatoms. The molecule has 1 aliphatic heterocycles. The number of alkyl carbamates (subject to hydrolysis) is 1. The van der Waals surface area contributed by atoms with Gasteiger partial charge in [0.05, 0.1) is 6.54 Å². The second-order valence-electron chi connectivity index (χ2n) is 7.84. The Balaban J connectivity index is 2.43. The molecule has 0 aromatic carbocycles. The molecule has 0 bridgehead atoms. The Labute approximate surface area is 180 Å². The Morgan fingerprint density at radius 3 is 2.43 bits per heavy atom. The summed E-state index contributed by atoms with van der Waals surface area (Å²) in [5.41, 5.74) is 1.31. The fraction of sp³-hybridized carbons (Fsp3) is 0.778. The lowest BCUT2D eigenvalue weighted by molar-refractivity contribution is -0.129. The Kier molecular flexibility index (Phi) is 10.9. The Bertz CT molecular complexity index is 606. The molecule has 1 heterocycles. The van der Waals surface area contributed by atoms with Gasteiger partial charge in [0.1, 0.15) is 23.1 Å². The van der Waals surface area contributed by atoms with E-state index in [9.17, 15) is 19.2 Å². The number of carbonyl (C=O) groups is 4. The highest BCUT2D eigenvalue weighted by Crippen LogP contribution is 2.23. The molecular formula is C18H33N5O6S. The van der Waals surface area contributed by atoms with Gasteiger partial charge in [0.15, 0.2) is 0 Å². The SMILES string of the molecule is C[C@H](NC(=O)OC(C)(C)C)C(=O)NCC(=O)N[C@@H](CS[C@H]1CCCCO1)C(=O)NN. The molecule has 1 aliphatic rings. The van der Waals surface area contributed by atoms with Gasteiger partial charge in [0.25, 0.3) is 5.91 Å². The predicted molar refractivity (Wildman–Crippen MR) is 112 cm³/mol. The minimum absolute atomic E-state index is 0.0248. The number of hydrogen-bond donors (Lipinski definition) is 5. The molecule has 0 unspecified atom stereocenters. The van der Waals surface area contributed by atoms with Gasteiger partial charge in [-0.2, -0.15) is 0 Å². The number of thioether (sulfide) groups is 1. The van der Waals surface area contributed by atoms with Gasteiger partial charge in [0.2, 0.25) is 11.8 Å². The number of nitrogens with one attached hydrogen (secondary N) is 4. The smallest absolute Gasteiger partial charge is 0.408 e. The summed E-state index contributed by atoms with van der Waals surface area (Å²) in [6, 6.07) is -1.78. The number of rotatable bonds is 9. The van der Waals surface area contributed by atoms with Gasteiger partial charge >= 0.3 is 6.09 Å². The van der Waals surface area contributed by atoms with Crippen LogP contribution >= 0.6 is 11.8 Å². The van der Waals surface area contributed by atoms with E-state index in [2.05, 4.69) is 16.0 Å². The molecule has 0 radical (unpaired) electrons. The molecule has 4 amide bonds. The van der Waals surface area contributed by atoms with Crippen LogP contribution in [0.15, 0.2) is 0 Å². The van der Waals surface area contributed by atoms with Gasteiger partial charge in [-0.25, -0.2) is 10.6 Å². The van der Waals surface area contributed by atoms with Crippen molar-refractivity contribution in [1.82, 2.24) is 21.4 Å². The third kappa shape index (κ3) is 10.6. The van der Waals surface area contributed by atoms with Crippen molar-refractivity contribution in [2.24, 2.45) is 5.84 Å². The second kappa shape index (κ2) is 12.6. The highest BCUT2D eigenvalue weighted by molar-refractivity contribution is 7.99. The number of hydrogen-bond acceptors (Lipinski definition) is 8. The average Bonchev–Trinajstić information content (AvgIpc) is 2.67. The van der Waals surface area contributed by atoms with Crippen molar-refractivity contribution in [2.45, 2.75) is 70.1 Å². The van der Waals surface area contributed by atoms with Gasteiger partial charge < -0.3 is 25.4 Å². The van der Waals surface area contributed by atoms with Crippen molar-refractivity contribution in [1.29, 1.82) is 0 Å². The van der Waals surface area contributed by atoms with Crippen LogP contribution in [0, 0.1) is 0 Å². The summed E-state index contributed by atoms with van der Waals surface area (Å²) in [5, 5.41) is 7.32. The van der Waals surface area contributed by atoms with Gasteiger partial charge in [-0.15, -0.1) is 11.8 Å². The molecule has 172 valence electrons. The Hall–Kier alpha value is -2.05. The lowest BCUT2D eigenvalue weighted by Gasteiger charge is -2.24.